The zero-order valence-corrected chi connectivity index (χ0v) is 9.61. The fourth-order valence-corrected chi connectivity index (χ4v) is 1.94. The average molecular weight is 250 g/mol. The summed E-state index contributed by atoms with van der Waals surface area (Å²) in [6.45, 7) is 2.20. The molecular formula is C12H11FN2O3. The summed E-state index contributed by atoms with van der Waals surface area (Å²) in [5, 5.41) is 8.93. The third-order valence-electron chi connectivity index (χ3n) is 2.74. The van der Waals surface area contributed by atoms with Gasteiger partial charge >= 0.3 is 5.97 Å². The van der Waals surface area contributed by atoms with E-state index < -0.39 is 22.8 Å². The summed E-state index contributed by atoms with van der Waals surface area (Å²) in [5.41, 5.74) is 5.03. The summed E-state index contributed by atoms with van der Waals surface area (Å²) in [4.78, 5) is 22.9. The molecule has 6 heteroatoms. The van der Waals surface area contributed by atoms with Crippen LogP contribution in [0.25, 0.3) is 10.9 Å². The minimum Gasteiger partial charge on any atom is -0.477 e. The minimum atomic E-state index is -1.34. The lowest BCUT2D eigenvalue weighted by atomic mass is 10.1. The van der Waals surface area contributed by atoms with Crippen LogP contribution in [0.15, 0.2) is 23.1 Å². The van der Waals surface area contributed by atoms with Crippen molar-refractivity contribution in [2.24, 2.45) is 0 Å². The van der Waals surface area contributed by atoms with Gasteiger partial charge in [0.05, 0.1) is 16.6 Å². The van der Waals surface area contributed by atoms with Crippen LogP contribution >= 0.6 is 0 Å². The molecule has 0 amide bonds. The highest BCUT2D eigenvalue weighted by atomic mass is 19.1. The maximum atomic E-state index is 13.3. The van der Waals surface area contributed by atoms with Crippen molar-refractivity contribution in [3.63, 3.8) is 0 Å². The van der Waals surface area contributed by atoms with Crippen LogP contribution in [-0.4, -0.2) is 15.6 Å². The van der Waals surface area contributed by atoms with Gasteiger partial charge in [0.25, 0.3) is 0 Å². The number of nitrogens with zero attached hydrogens (tertiary/aromatic N) is 1. The molecule has 0 spiro atoms. The van der Waals surface area contributed by atoms with Crippen molar-refractivity contribution in [2.45, 2.75) is 13.5 Å². The zero-order chi connectivity index (χ0) is 13.4. The molecule has 1 aromatic carbocycles. The number of aryl methyl sites for hydroxylation is 1. The molecule has 94 valence electrons. The van der Waals surface area contributed by atoms with Gasteiger partial charge < -0.3 is 15.4 Å². The molecule has 2 rings (SSSR count). The van der Waals surface area contributed by atoms with Crippen LogP contribution in [0, 0.1) is 5.82 Å². The molecule has 2 aromatic rings. The van der Waals surface area contributed by atoms with E-state index in [1.54, 1.807) is 6.92 Å². The molecule has 0 aliphatic rings. The number of nitrogens with two attached hydrogens (primary N) is 1. The largest absolute Gasteiger partial charge is 0.477 e. The Bertz CT molecular complexity index is 707. The predicted octanol–water partition coefficient (Wildman–Crippen LogP) is 1.44. The topological polar surface area (TPSA) is 85.3 Å². The summed E-state index contributed by atoms with van der Waals surface area (Å²) in [5.74, 6) is -2.01. The van der Waals surface area contributed by atoms with Crippen molar-refractivity contribution in [2.75, 3.05) is 5.73 Å². The third kappa shape index (κ3) is 1.71. The number of anilines is 1. The van der Waals surface area contributed by atoms with E-state index in [1.807, 2.05) is 0 Å². The Morgan fingerprint density at radius 3 is 2.72 bits per heavy atom. The highest BCUT2D eigenvalue weighted by Crippen LogP contribution is 2.21. The number of pyridine rings is 1. The second-order valence-corrected chi connectivity index (χ2v) is 3.85. The molecule has 3 N–H and O–H groups in total. The van der Waals surface area contributed by atoms with Crippen LogP contribution in [-0.2, 0) is 6.54 Å². The molecule has 0 saturated heterocycles. The van der Waals surface area contributed by atoms with Gasteiger partial charge in [-0.3, -0.25) is 4.79 Å². The van der Waals surface area contributed by atoms with E-state index in [2.05, 4.69) is 0 Å². The second-order valence-electron chi connectivity index (χ2n) is 3.85. The van der Waals surface area contributed by atoms with Crippen molar-refractivity contribution < 1.29 is 14.3 Å². The Morgan fingerprint density at radius 2 is 2.17 bits per heavy atom. The standard InChI is InChI=1S/C12H11FN2O3/c1-2-15-5-8(12(17)18)11(16)7-3-6(13)4-9(14)10(7)15/h3-5H,2,14H2,1H3,(H,17,18). The first-order valence-corrected chi connectivity index (χ1v) is 5.31. The van der Waals surface area contributed by atoms with Crippen LogP contribution in [0.5, 0.6) is 0 Å². The quantitative estimate of drug-likeness (QED) is 0.790. The Morgan fingerprint density at radius 1 is 1.50 bits per heavy atom. The summed E-state index contributed by atoms with van der Waals surface area (Å²) in [7, 11) is 0. The third-order valence-corrected chi connectivity index (χ3v) is 2.74. The predicted molar refractivity (Wildman–Crippen MR) is 65.2 cm³/mol. The van der Waals surface area contributed by atoms with Crippen molar-refractivity contribution >= 4 is 22.6 Å². The number of rotatable bonds is 2. The van der Waals surface area contributed by atoms with E-state index in [0.29, 0.717) is 12.1 Å². The van der Waals surface area contributed by atoms with Gasteiger partial charge in [-0.05, 0) is 19.1 Å². The number of hydrogen-bond donors (Lipinski definition) is 2. The van der Waals surface area contributed by atoms with Crippen LogP contribution in [0.3, 0.4) is 0 Å². The van der Waals surface area contributed by atoms with Crippen molar-refractivity contribution in [3.8, 4) is 0 Å². The van der Waals surface area contributed by atoms with Gasteiger partial charge in [0.2, 0.25) is 5.43 Å². The normalized spacial score (nSPS) is 10.8. The van der Waals surface area contributed by atoms with Crippen molar-refractivity contribution in [1.29, 1.82) is 0 Å². The lowest BCUT2D eigenvalue weighted by Gasteiger charge is -2.12. The SMILES string of the molecule is CCn1cc(C(=O)O)c(=O)c2cc(F)cc(N)c21. The van der Waals surface area contributed by atoms with Gasteiger partial charge in [-0.2, -0.15) is 0 Å². The van der Waals surface area contributed by atoms with E-state index >= 15 is 0 Å². The Labute approximate surface area is 101 Å². The van der Waals surface area contributed by atoms with Gasteiger partial charge in [0, 0.05) is 12.7 Å². The first-order valence-electron chi connectivity index (χ1n) is 5.31. The molecule has 0 fully saturated rings. The number of aromatic nitrogens is 1. The molecule has 0 bridgehead atoms. The van der Waals surface area contributed by atoms with Crippen LogP contribution in [0.4, 0.5) is 10.1 Å². The Balaban J connectivity index is 3.03. The maximum Gasteiger partial charge on any atom is 0.341 e. The summed E-state index contributed by atoms with van der Waals surface area (Å²) in [6.07, 6.45) is 1.22. The maximum absolute atomic E-state index is 13.3. The number of fused-ring (bicyclic) bond motifs is 1. The van der Waals surface area contributed by atoms with Crippen molar-refractivity contribution in [1.82, 2.24) is 4.57 Å². The second kappa shape index (κ2) is 4.14. The Kier molecular flexibility index (Phi) is 2.78. The molecule has 0 aliphatic carbocycles. The number of aromatic carboxylic acids is 1. The fourth-order valence-electron chi connectivity index (χ4n) is 1.94. The Hall–Kier alpha value is -2.37. The number of carbonyl (C=O) groups is 1. The number of carboxylic acid groups (broad SMARTS) is 1. The van der Waals surface area contributed by atoms with Crippen LogP contribution in [0.2, 0.25) is 0 Å². The lowest BCUT2D eigenvalue weighted by Crippen LogP contribution is -2.19. The van der Waals surface area contributed by atoms with Gasteiger partial charge in [-0.25, -0.2) is 9.18 Å². The molecule has 5 nitrogen and oxygen atoms in total. The van der Waals surface area contributed by atoms with E-state index in [9.17, 15) is 14.0 Å². The average Bonchev–Trinajstić information content (AvgIpc) is 2.29. The molecule has 0 radical (unpaired) electrons. The number of halogens is 1. The summed E-state index contributed by atoms with van der Waals surface area (Å²) in [6, 6.07) is 2.11. The van der Waals surface area contributed by atoms with Crippen molar-refractivity contribution in [3.05, 3.63) is 39.9 Å². The highest BCUT2D eigenvalue weighted by Gasteiger charge is 2.16. The molecular weight excluding hydrogens is 239 g/mol. The van der Waals surface area contributed by atoms with Gasteiger partial charge in [-0.15, -0.1) is 0 Å². The van der Waals surface area contributed by atoms with Gasteiger partial charge in [-0.1, -0.05) is 0 Å². The van der Waals surface area contributed by atoms with E-state index in [4.69, 9.17) is 10.8 Å². The number of nitrogen functional groups attached to an aromatic ring is 1. The molecule has 18 heavy (non-hydrogen) atoms. The minimum absolute atomic E-state index is 0.0192. The smallest absolute Gasteiger partial charge is 0.341 e. The van der Waals surface area contributed by atoms with Gasteiger partial charge in [0.1, 0.15) is 11.4 Å². The first kappa shape index (κ1) is 12.1. The molecule has 0 aliphatic heterocycles. The molecule has 1 aromatic heterocycles. The highest BCUT2D eigenvalue weighted by molar-refractivity contribution is 5.96. The number of hydrogen-bond acceptors (Lipinski definition) is 3. The van der Waals surface area contributed by atoms with E-state index in [0.717, 1.165) is 12.1 Å². The molecule has 1 heterocycles. The van der Waals surface area contributed by atoms with E-state index in [1.165, 1.54) is 10.8 Å². The molecule has 0 saturated carbocycles. The summed E-state index contributed by atoms with van der Waals surface area (Å²) >= 11 is 0. The lowest BCUT2D eigenvalue weighted by molar-refractivity contribution is 0.0695. The molecule has 0 atom stereocenters. The number of carboxylic acids is 1. The number of benzene rings is 1. The monoisotopic (exact) mass is 250 g/mol. The summed E-state index contributed by atoms with van der Waals surface area (Å²) < 4.78 is 14.8. The van der Waals surface area contributed by atoms with Gasteiger partial charge in [0.15, 0.2) is 0 Å². The van der Waals surface area contributed by atoms with E-state index in [-0.39, 0.29) is 11.1 Å². The first-order chi connectivity index (χ1) is 8.45. The fraction of sp³-hybridized carbons (Fsp3) is 0.167. The van der Waals surface area contributed by atoms with Crippen LogP contribution < -0.4 is 11.2 Å². The molecule has 0 unspecified atom stereocenters. The zero-order valence-electron chi connectivity index (χ0n) is 9.61. The van der Waals surface area contributed by atoms with Crippen LogP contribution in [0.1, 0.15) is 17.3 Å².